The van der Waals surface area contributed by atoms with Crippen molar-refractivity contribution < 1.29 is 4.79 Å². The standard InChI is InChI=1S/C14H10INO.C13H9I.CH4/c1-9(17)16-13-5-3-2-4-11(13)12-8-10(15)6-7-14(12)16;14-11-6-5-10-7-9-3-1-2-4-12(9)13(10)8-11;/h2-8H,1H3;1-6,8H,7H2;1H4. The zero-order valence-electron chi connectivity index (χ0n) is 16.9. The largest absolute Gasteiger partial charge is 0.280 e. The minimum Gasteiger partial charge on any atom is -0.280 e. The summed E-state index contributed by atoms with van der Waals surface area (Å²) in [7, 11) is 0. The summed E-state index contributed by atoms with van der Waals surface area (Å²) in [4.78, 5) is 11.8. The first-order valence-electron chi connectivity index (χ1n) is 10.1. The highest BCUT2D eigenvalue weighted by Crippen LogP contribution is 2.37. The van der Waals surface area contributed by atoms with Crippen molar-refractivity contribution in [2.24, 2.45) is 0 Å². The number of benzene rings is 4. The van der Waals surface area contributed by atoms with Crippen LogP contribution in [0.25, 0.3) is 32.9 Å². The first kappa shape index (κ1) is 23.0. The Balaban J connectivity index is 0.000000151. The minimum atomic E-state index is 0. The molecule has 0 spiro atoms. The molecule has 1 aromatic heterocycles. The molecule has 32 heavy (non-hydrogen) atoms. The monoisotopic (exact) mass is 643 g/mol. The van der Waals surface area contributed by atoms with Gasteiger partial charge in [-0.1, -0.05) is 56.0 Å². The lowest BCUT2D eigenvalue weighted by Crippen LogP contribution is -2.04. The molecule has 0 amide bonds. The van der Waals surface area contributed by atoms with Crippen molar-refractivity contribution in [3.05, 3.63) is 103 Å². The van der Waals surface area contributed by atoms with E-state index in [-0.39, 0.29) is 13.3 Å². The van der Waals surface area contributed by atoms with Crippen LogP contribution in [0.5, 0.6) is 0 Å². The third-order valence-electron chi connectivity index (χ3n) is 5.71. The van der Waals surface area contributed by atoms with Crippen LogP contribution in [0.2, 0.25) is 0 Å². The second kappa shape index (κ2) is 9.35. The van der Waals surface area contributed by atoms with Crippen LogP contribution in [0.1, 0.15) is 30.3 Å². The van der Waals surface area contributed by atoms with Crippen molar-refractivity contribution in [2.45, 2.75) is 20.8 Å². The van der Waals surface area contributed by atoms with Gasteiger partial charge in [-0.15, -0.1) is 0 Å². The van der Waals surface area contributed by atoms with Gasteiger partial charge in [-0.05, 0) is 110 Å². The fourth-order valence-corrected chi connectivity index (χ4v) is 5.36. The highest BCUT2D eigenvalue weighted by Gasteiger charge is 2.17. The molecule has 0 saturated heterocycles. The fraction of sp³-hybridized carbons (Fsp3) is 0.107. The molecule has 0 atom stereocenters. The molecule has 2 nitrogen and oxygen atoms in total. The van der Waals surface area contributed by atoms with Crippen molar-refractivity contribution >= 4 is 72.9 Å². The predicted octanol–water partition coefficient (Wildman–Crippen LogP) is 8.56. The van der Waals surface area contributed by atoms with Crippen molar-refractivity contribution in [1.82, 2.24) is 4.57 Å². The molecule has 160 valence electrons. The molecule has 0 aliphatic heterocycles. The molecule has 0 N–H and O–H groups in total. The summed E-state index contributed by atoms with van der Waals surface area (Å²) in [6.45, 7) is 1.60. The normalized spacial score (nSPS) is 11.3. The second-order valence-electron chi connectivity index (χ2n) is 7.67. The molecule has 6 rings (SSSR count). The zero-order chi connectivity index (χ0) is 21.5. The smallest absolute Gasteiger partial charge is 0.228 e. The molecule has 1 heterocycles. The minimum absolute atomic E-state index is 0. The summed E-state index contributed by atoms with van der Waals surface area (Å²) in [5, 5.41) is 2.28. The molecule has 0 fully saturated rings. The van der Waals surface area contributed by atoms with Gasteiger partial charge in [0.2, 0.25) is 5.91 Å². The van der Waals surface area contributed by atoms with Crippen molar-refractivity contribution in [3.8, 4) is 11.1 Å². The lowest BCUT2D eigenvalue weighted by atomic mass is 10.1. The highest BCUT2D eigenvalue weighted by molar-refractivity contribution is 14.1. The molecular formula is C28H23I2NO. The molecule has 0 radical (unpaired) electrons. The zero-order valence-corrected chi connectivity index (χ0v) is 21.2. The fourth-order valence-electron chi connectivity index (χ4n) is 4.38. The topological polar surface area (TPSA) is 22.0 Å². The summed E-state index contributed by atoms with van der Waals surface area (Å²) < 4.78 is 4.28. The van der Waals surface area contributed by atoms with Gasteiger partial charge in [0.1, 0.15) is 0 Å². The average Bonchev–Trinajstić information content (AvgIpc) is 3.29. The van der Waals surface area contributed by atoms with Crippen molar-refractivity contribution in [3.63, 3.8) is 0 Å². The van der Waals surface area contributed by atoms with E-state index in [1.54, 1.807) is 11.5 Å². The third-order valence-corrected chi connectivity index (χ3v) is 7.05. The summed E-state index contributed by atoms with van der Waals surface area (Å²) in [6.07, 6.45) is 1.10. The quantitative estimate of drug-likeness (QED) is 0.152. The van der Waals surface area contributed by atoms with E-state index in [9.17, 15) is 4.79 Å². The molecule has 0 unspecified atom stereocenters. The molecule has 1 aliphatic rings. The first-order valence-corrected chi connectivity index (χ1v) is 12.2. The van der Waals surface area contributed by atoms with E-state index in [0.717, 1.165) is 28.2 Å². The van der Waals surface area contributed by atoms with Gasteiger partial charge in [0.25, 0.3) is 0 Å². The van der Waals surface area contributed by atoms with E-state index < -0.39 is 0 Å². The van der Waals surface area contributed by atoms with Gasteiger partial charge in [0.15, 0.2) is 0 Å². The number of aromatic nitrogens is 1. The Morgan fingerprint density at radius 1 is 0.719 bits per heavy atom. The average molecular weight is 643 g/mol. The number of hydrogen-bond donors (Lipinski definition) is 0. The number of para-hydroxylation sites is 1. The Bertz CT molecular complexity index is 1470. The van der Waals surface area contributed by atoms with Gasteiger partial charge in [0, 0.05) is 24.8 Å². The van der Waals surface area contributed by atoms with E-state index in [2.05, 4.69) is 99.8 Å². The highest BCUT2D eigenvalue weighted by atomic mass is 127. The van der Waals surface area contributed by atoms with E-state index >= 15 is 0 Å². The van der Waals surface area contributed by atoms with E-state index in [0.29, 0.717) is 0 Å². The molecule has 0 saturated carbocycles. The molecular weight excluding hydrogens is 620 g/mol. The van der Waals surface area contributed by atoms with E-state index in [4.69, 9.17) is 0 Å². The molecule has 4 heteroatoms. The maximum Gasteiger partial charge on any atom is 0.228 e. The van der Waals surface area contributed by atoms with Crippen LogP contribution < -0.4 is 0 Å². The molecule has 1 aliphatic carbocycles. The van der Waals surface area contributed by atoms with Crippen LogP contribution in [0, 0.1) is 7.14 Å². The molecule has 0 bridgehead atoms. The summed E-state index contributed by atoms with van der Waals surface area (Å²) in [5.41, 5.74) is 7.74. The van der Waals surface area contributed by atoms with Crippen molar-refractivity contribution in [2.75, 3.05) is 0 Å². The van der Waals surface area contributed by atoms with Crippen LogP contribution in [-0.2, 0) is 6.42 Å². The van der Waals surface area contributed by atoms with Crippen LogP contribution in [0.3, 0.4) is 0 Å². The van der Waals surface area contributed by atoms with Crippen LogP contribution in [0.4, 0.5) is 0 Å². The summed E-state index contributed by atoms with van der Waals surface area (Å²) in [6, 6.07) is 29.6. The molecule has 4 aromatic carbocycles. The summed E-state index contributed by atoms with van der Waals surface area (Å²) in [5.74, 6) is 0.0532. The number of nitrogens with zero attached hydrogens (tertiary/aromatic N) is 1. The number of fused-ring (bicyclic) bond motifs is 6. The lowest BCUT2D eigenvalue weighted by Gasteiger charge is -2.00. The first-order chi connectivity index (χ1) is 15.0. The Labute approximate surface area is 215 Å². The van der Waals surface area contributed by atoms with Gasteiger partial charge in [-0.2, -0.15) is 0 Å². The molecule has 5 aromatic rings. The van der Waals surface area contributed by atoms with Crippen LogP contribution in [0.15, 0.2) is 84.9 Å². The summed E-state index contributed by atoms with van der Waals surface area (Å²) >= 11 is 4.67. The Morgan fingerprint density at radius 3 is 2.16 bits per heavy atom. The van der Waals surface area contributed by atoms with Crippen LogP contribution >= 0.6 is 45.2 Å². The van der Waals surface area contributed by atoms with Gasteiger partial charge in [-0.3, -0.25) is 9.36 Å². The maximum absolute atomic E-state index is 11.8. The van der Waals surface area contributed by atoms with Crippen molar-refractivity contribution in [1.29, 1.82) is 0 Å². The lowest BCUT2D eigenvalue weighted by molar-refractivity contribution is 0.0946. The van der Waals surface area contributed by atoms with E-state index in [1.165, 1.54) is 29.4 Å². The number of halogens is 2. The number of carbonyl (C=O) groups is 1. The second-order valence-corrected chi connectivity index (χ2v) is 10.2. The number of hydrogen-bond acceptors (Lipinski definition) is 1. The van der Waals surface area contributed by atoms with Gasteiger partial charge < -0.3 is 0 Å². The predicted molar refractivity (Wildman–Crippen MR) is 153 cm³/mol. The van der Waals surface area contributed by atoms with Gasteiger partial charge in [-0.25, -0.2) is 0 Å². The maximum atomic E-state index is 11.8. The number of rotatable bonds is 0. The third kappa shape index (κ3) is 4.10. The Kier molecular flexibility index (Phi) is 6.72. The number of carbonyl (C=O) groups excluding carboxylic acids is 1. The van der Waals surface area contributed by atoms with E-state index in [1.807, 2.05) is 30.3 Å². The van der Waals surface area contributed by atoms with Gasteiger partial charge >= 0.3 is 0 Å². The Hall–Kier alpha value is -2.19. The SMILES string of the molecule is C.CC(=O)n1c2ccccc2c2cc(I)ccc21.Ic1ccc2c(c1)-c1ccccc1C2. The Morgan fingerprint density at radius 2 is 1.34 bits per heavy atom. The van der Waals surface area contributed by atoms with Crippen LogP contribution in [-0.4, -0.2) is 10.5 Å². The van der Waals surface area contributed by atoms with Gasteiger partial charge in [0.05, 0.1) is 11.0 Å².